The van der Waals surface area contributed by atoms with Gasteiger partial charge >= 0.3 is 0 Å². The van der Waals surface area contributed by atoms with E-state index in [1.807, 2.05) is 0 Å². The highest BCUT2D eigenvalue weighted by Gasteiger charge is 2.32. The molecule has 0 radical (unpaired) electrons. The van der Waals surface area contributed by atoms with Crippen LogP contribution in [0.3, 0.4) is 0 Å². The van der Waals surface area contributed by atoms with Gasteiger partial charge in [0.1, 0.15) is 0 Å². The predicted octanol–water partition coefficient (Wildman–Crippen LogP) is 1.57. The van der Waals surface area contributed by atoms with Crippen molar-refractivity contribution >= 4 is 29.1 Å². The van der Waals surface area contributed by atoms with Crippen molar-refractivity contribution in [1.29, 1.82) is 0 Å². The van der Waals surface area contributed by atoms with Gasteiger partial charge in [0.25, 0.3) is 11.5 Å². The van der Waals surface area contributed by atoms with Gasteiger partial charge in [0, 0.05) is 37.8 Å². The number of halogens is 1. The molecule has 0 aliphatic carbocycles. The number of aryl methyl sites for hydroxylation is 1. The van der Waals surface area contributed by atoms with Gasteiger partial charge in [0.15, 0.2) is 0 Å². The van der Waals surface area contributed by atoms with E-state index in [2.05, 4.69) is 5.32 Å². The first-order valence-corrected chi connectivity index (χ1v) is 7.86. The molecule has 3 rings (SSSR count). The molecule has 1 saturated heterocycles. The Hall–Kier alpha value is -2.60. The molecule has 124 valence electrons. The average molecular weight is 346 g/mol. The van der Waals surface area contributed by atoms with Crippen LogP contribution in [0, 0.1) is 0 Å². The summed E-state index contributed by atoms with van der Waals surface area (Å²) in [6, 6.07) is 9.60. The highest BCUT2D eigenvalue weighted by atomic mass is 35.5. The molecular weight excluding hydrogens is 330 g/mol. The Kier molecular flexibility index (Phi) is 4.40. The van der Waals surface area contributed by atoms with E-state index in [4.69, 9.17) is 11.6 Å². The van der Waals surface area contributed by atoms with Crippen LogP contribution in [0.2, 0.25) is 5.02 Å². The third-order valence-electron chi connectivity index (χ3n) is 3.97. The smallest absolute Gasteiger partial charge is 0.251 e. The SMILES string of the molecule is Cn1ccc(C(=O)N[C@H]2CC(=O)N(c3ccccc3Cl)C2)cc1=O. The number of amides is 2. The van der Waals surface area contributed by atoms with Crippen LogP contribution in [-0.2, 0) is 11.8 Å². The van der Waals surface area contributed by atoms with Crippen molar-refractivity contribution in [3.05, 3.63) is 63.5 Å². The van der Waals surface area contributed by atoms with Crippen molar-refractivity contribution in [2.75, 3.05) is 11.4 Å². The number of carbonyl (C=O) groups excluding carboxylic acids is 2. The molecule has 2 aromatic rings. The van der Waals surface area contributed by atoms with E-state index >= 15 is 0 Å². The van der Waals surface area contributed by atoms with Crippen LogP contribution in [0.1, 0.15) is 16.8 Å². The molecule has 0 spiro atoms. The molecule has 2 heterocycles. The first-order valence-electron chi connectivity index (χ1n) is 7.48. The van der Waals surface area contributed by atoms with Crippen LogP contribution in [0.15, 0.2) is 47.4 Å². The summed E-state index contributed by atoms with van der Waals surface area (Å²) >= 11 is 6.13. The molecule has 24 heavy (non-hydrogen) atoms. The van der Waals surface area contributed by atoms with Crippen LogP contribution in [0.5, 0.6) is 0 Å². The highest BCUT2D eigenvalue weighted by Crippen LogP contribution is 2.29. The Morgan fingerprint density at radius 1 is 1.25 bits per heavy atom. The number of para-hydroxylation sites is 1. The molecule has 0 saturated carbocycles. The molecule has 1 aliphatic rings. The Balaban J connectivity index is 1.72. The highest BCUT2D eigenvalue weighted by molar-refractivity contribution is 6.33. The van der Waals surface area contributed by atoms with Gasteiger partial charge in [0.2, 0.25) is 5.91 Å². The van der Waals surface area contributed by atoms with Crippen molar-refractivity contribution in [3.8, 4) is 0 Å². The second kappa shape index (κ2) is 6.49. The number of nitrogens with zero attached hydrogens (tertiary/aromatic N) is 2. The zero-order valence-corrected chi connectivity index (χ0v) is 13.8. The van der Waals surface area contributed by atoms with Crippen molar-refractivity contribution in [2.24, 2.45) is 7.05 Å². The van der Waals surface area contributed by atoms with Crippen LogP contribution in [0.25, 0.3) is 0 Å². The van der Waals surface area contributed by atoms with Gasteiger partial charge in [-0.2, -0.15) is 0 Å². The number of hydrogen-bond donors (Lipinski definition) is 1. The zero-order chi connectivity index (χ0) is 17.3. The fourth-order valence-corrected chi connectivity index (χ4v) is 2.90. The molecule has 1 aromatic heterocycles. The predicted molar refractivity (Wildman–Crippen MR) is 91.4 cm³/mol. The molecule has 1 aliphatic heterocycles. The number of nitrogens with one attached hydrogen (secondary N) is 1. The van der Waals surface area contributed by atoms with E-state index in [1.54, 1.807) is 42.3 Å². The van der Waals surface area contributed by atoms with Gasteiger partial charge in [-0.15, -0.1) is 0 Å². The molecule has 1 N–H and O–H groups in total. The summed E-state index contributed by atoms with van der Waals surface area (Å²) in [5.74, 6) is -0.469. The number of aromatic nitrogens is 1. The first kappa shape index (κ1) is 16.3. The van der Waals surface area contributed by atoms with Crippen LogP contribution < -0.4 is 15.8 Å². The van der Waals surface area contributed by atoms with Crippen LogP contribution in [-0.4, -0.2) is 29.0 Å². The molecule has 1 aromatic carbocycles. The molecule has 2 amide bonds. The first-order chi connectivity index (χ1) is 11.5. The normalized spacial score (nSPS) is 17.2. The summed E-state index contributed by atoms with van der Waals surface area (Å²) in [5, 5.41) is 3.29. The van der Waals surface area contributed by atoms with Crippen LogP contribution in [0.4, 0.5) is 5.69 Å². The van der Waals surface area contributed by atoms with Crippen molar-refractivity contribution in [3.63, 3.8) is 0 Å². The number of carbonyl (C=O) groups is 2. The standard InChI is InChI=1S/C17H16ClN3O3/c1-20-7-6-11(8-15(20)22)17(24)19-12-9-16(23)21(10-12)14-5-3-2-4-13(14)18/h2-8,12H,9-10H2,1H3,(H,19,24)/t12-/m0/s1. The molecule has 6 nitrogen and oxygen atoms in total. The quantitative estimate of drug-likeness (QED) is 0.918. The zero-order valence-electron chi connectivity index (χ0n) is 13.0. The lowest BCUT2D eigenvalue weighted by Crippen LogP contribution is -2.37. The van der Waals surface area contributed by atoms with Crippen molar-refractivity contribution < 1.29 is 9.59 Å². The largest absolute Gasteiger partial charge is 0.347 e. The Morgan fingerprint density at radius 3 is 2.71 bits per heavy atom. The van der Waals surface area contributed by atoms with Gasteiger partial charge in [-0.05, 0) is 18.2 Å². The maximum atomic E-state index is 12.3. The summed E-state index contributed by atoms with van der Waals surface area (Å²) in [7, 11) is 1.61. The summed E-state index contributed by atoms with van der Waals surface area (Å²) in [5.41, 5.74) is 0.652. The Labute approximate surface area is 143 Å². The van der Waals surface area contributed by atoms with Gasteiger partial charge in [0.05, 0.1) is 16.8 Å². The number of benzene rings is 1. The number of anilines is 1. The van der Waals surface area contributed by atoms with Crippen molar-refractivity contribution in [1.82, 2.24) is 9.88 Å². The fraction of sp³-hybridized carbons (Fsp3) is 0.235. The number of hydrogen-bond acceptors (Lipinski definition) is 3. The number of rotatable bonds is 3. The minimum atomic E-state index is -0.369. The van der Waals surface area contributed by atoms with E-state index in [9.17, 15) is 14.4 Å². The lowest BCUT2D eigenvalue weighted by atomic mass is 10.2. The average Bonchev–Trinajstić information content (AvgIpc) is 2.90. The lowest BCUT2D eigenvalue weighted by Gasteiger charge is -2.18. The third kappa shape index (κ3) is 3.19. The molecule has 1 fully saturated rings. The Bertz CT molecular complexity index is 862. The minimum absolute atomic E-state index is 0.0997. The monoisotopic (exact) mass is 345 g/mol. The lowest BCUT2D eigenvalue weighted by molar-refractivity contribution is -0.117. The van der Waals surface area contributed by atoms with Crippen LogP contribution >= 0.6 is 11.6 Å². The molecule has 7 heteroatoms. The topological polar surface area (TPSA) is 71.4 Å². The van der Waals surface area contributed by atoms with E-state index in [0.29, 0.717) is 17.3 Å². The summed E-state index contributed by atoms with van der Waals surface area (Å²) < 4.78 is 1.38. The third-order valence-corrected chi connectivity index (χ3v) is 4.29. The second-order valence-electron chi connectivity index (χ2n) is 5.69. The molecule has 0 unspecified atom stereocenters. The second-order valence-corrected chi connectivity index (χ2v) is 6.10. The maximum Gasteiger partial charge on any atom is 0.251 e. The van der Waals surface area contributed by atoms with Gasteiger partial charge < -0.3 is 14.8 Å². The molecular formula is C17H16ClN3O3. The molecule has 0 bridgehead atoms. The van der Waals surface area contributed by atoms with E-state index in [1.165, 1.54) is 16.8 Å². The summed E-state index contributed by atoms with van der Waals surface area (Å²) in [6.07, 6.45) is 1.73. The number of pyridine rings is 1. The van der Waals surface area contributed by atoms with Gasteiger partial charge in [-0.25, -0.2) is 0 Å². The Morgan fingerprint density at radius 2 is 2.00 bits per heavy atom. The summed E-state index contributed by atoms with van der Waals surface area (Å²) in [6.45, 7) is 0.346. The van der Waals surface area contributed by atoms with Gasteiger partial charge in [-0.1, -0.05) is 23.7 Å². The maximum absolute atomic E-state index is 12.3. The van der Waals surface area contributed by atoms with Crippen molar-refractivity contribution in [2.45, 2.75) is 12.5 Å². The fourth-order valence-electron chi connectivity index (χ4n) is 2.67. The summed E-state index contributed by atoms with van der Waals surface area (Å²) in [4.78, 5) is 37.7. The van der Waals surface area contributed by atoms with E-state index < -0.39 is 0 Å². The molecule has 1 atom stereocenters. The van der Waals surface area contributed by atoms with Gasteiger partial charge in [-0.3, -0.25) is 14.4 Å². The van der Waals surface area contributed by atoms with E-state index in [-0.39, 0.29) is 35.4 Å². The minimum Gasteiger partial charge on any atom is -0.347 e. The van der Waals surface area contributed by atoms with E-state index in [0.717, 1.165) is 0 Å².